The fraction of sp³-hybridized carbons (Fsp3) is 0.206. The number of hydrogen-bond acceptors (Lipinski definition) is 9. The first-order chi connectivity index (χ1) is 22.9. The molecule has 6 rings (SSSR count). The number of methoxy groups -OCH3 is 1. The van der Waals surface area contributed by atoms with E-state index in [4.69, 9.17) is 14.6 Å². The predicted octanol–water partition coefficient (Wildman–Crippen LogP) is 6.28. The van der Waals surface area contributed by atoms with Crippen LogP contribution in [0.4, 0.5) is 4.39 Å². The van der Waals surface area contributed by atoms with E-state index in [2.05, 4.69) is 15.5 Å². The molecule has 1 aliphatic rings. The Hall–Kier alpha value is -5.01. The Labute approximate surface area is 279 Å². The van der Waals surface area contributed by atoms with Gasteiger partial charge in [0.05, 0.1) is 42.6 Å². The summed E-state index contributed by atoms with van der Waals surface area (Å²) >= 11 is 2.57. The topological polar surface area (TPSA) is 111 Å². The van der Waals surface area contributed by atoms with Gasteiger partial charge in [0.2, 0.25) is 0 Å². The minimum absolute atomic E-state index is 0.00774. The van der Waals surface area contributed by atoms with E-state index >= 15 is 0 Å². The summed E-state index contributed by atoms with van der Waals surface area (Å²) in [5.41, 5.74) is 3.13. The van der Waals surface area contributed by atoms with E-state index in [1.807, 2.05) is 71.5 Å². The Bertz CT molecular complexity index is 1860. The fourth-order valence-electron chi connectivity index (χ4n) is 5.12. The van der Waals surface area contributed by atoms with Crippen LogP contribution in [0.15, 0.2) is 101 Å². The molecule has 13 heteroatoms. The number of aromatic nitrogens is 3. The lowest BCUT2D eigenvalue weighted by Gasteiger charge is -2.22. The molecule has 47 heavy (non-hydrogen) atoms. The fourth-order valence-corrected chi connectivity index (χ4v) is 6.58. The Morgan fingerprint density at radius 1 is 1.00 bits per heavy atom. The van der Waals surface area contributed by atoms with Gasteiger partial charge in [0.1, 0.15) is 17.3 Å². The van der Waals surface area contributed by atoms with Crippen molar-refractivity contribution in [3.05, 3.63) is 118 Å². The molecule has 240 valence electrons. The Kier molecular flexibility index (Phi) is 9.93. The van der Waals surface area contributed by atoms with Crippen molar-refractivity contribution in [3.63, 3.8) is 0 Å². The van der Waals surface area contributed by atoms with Gasteiger partial charge >= 0.3 is 0 Å². The predicted molar refractivity (Wildman–Crippen MR) is 179 cm³/mol. The number of nitrogens with zero attached hydrogens (tertiary/aromatic N) is 5. The molecule has 0 aliphatic carbocycles. The summed E-state index contributed by atoms with van der Waals surface area (Å²) in [7, 11) is 1.60. The lowest BCUT2D eigenvalue weighted by atomic mass is 9.98. The molecule has 0 spiro atoms. The third kappa shape index (κ3) is 7.36. The number of hydrazone groups is 1. The number of amides is 2. The molecule has 2 aromatic heterocycles. The van der Waals surface area contributed by atoms with E-state index in [0.29, 0.717) is 40.4 Å². The molecule has 0 bridgehead atoms. The summed E-state index contributed by atoms with van der Waals surface area (Å²) in [6, 6.07) is 24.2. The zero-order valence-corrected chi connectivity index (χ0v) is 27.3. The van der Waals surface area contributed by atoms with Crippen molar-refractivity contribution in [2.45, 2.75) is 31.1 Å². The molecular weight excluding hydrogens is 640 g/mol. The second kappa shape index (κ2) is 14.6. The van der Waals surface area contributed by atoms with Crippen LogP contribution in [0.2, 0.25) is 0 Å². The van der Waals surface area contributed by atoms with E-state index in [1.54, 1.807) is 25.3 Å². The number of carbonyl (C=O) groups excluding carboxylic acids is 2. The van der Waals surface area contributed by atoms with E-state index in [1.165, 1.54) is 40.2 Å². The molecule has 2 amide bonds. The number of nitrogens with one attached hydrogen (secondary N) is 1. The molecule has 0 saturated carbocycles. The van der Waals surface area contributed by atoms with Gasteiger partial charge in [0.25, 0.3) is 11.8 Å². The maximum Gasteiger partial charge on any atom is 0.261 e. The van der Waals surface area contributed by atoms with Gasteiger partial charge in [-0.25, -0.2) is 9.40 Å². The first-order valence-electron chi connectivity index (χ1n) is 14.8. The summed E-state index contributed by atoms with van der Waals surface area (Å²) in [6.45, 7) is 2.58. The molecule has 0 radical (unpaired) electrons. The number of thiophene rings is 1. The number of benzene rings is 3. The van der Waals surface area contributed by atoms with Crippen molar-refractivity contribution in [1.82, 2.24) is 25.1 Å². The molecule has 10 nitrogen and oxygen atoms in total. The van der Waals surface area contributed by atoms with E-state index < -0.39 is 6.04 Å². The maximum atomic E-state index is 13.8. The van der Waals surface area contributed by atoms with Crippen molar-refractivity contribution >= 4 is 40.6 Å². The first kappa shape index (κ1) is 32.0. The molecule has 3 aromatic carbocycles. The number of thioether (sulfide) groups is 1. The number of halogens is 1. The minimum Gasteiger partial charge on any atom is -0.497 e. The normalized spacial score (nSPS) is 14.1. The van der Waals surface area contributed by atoms with Crippen LogP contribution < -0.4 is 14.8 Å². The highest BCUT2D eigenvalue weighted by Gasteiger charge is 2.33. The Morgan fingerprint density at radius 3 is 2.43 bits per heavy atom. The summed E-state index contributed by atoms with van der Waals surface area (Å²) in [4.78, 5) is 27.1. The van der Waals surface area contributed by atoms with Crippen molar-refractivity contribution in [2.75, 3.05) is 19.5 Å². The number of ether oxygens (including phenoxy) is 2. The molecule has 5 aromatic rings. The Morgan fingerprint density at radius 2 is 1.74 bits per heavy atom. The number of carbonyl (C=O) groups is 2. The molecule has 1 aliphatic heterocycles. The monoisotopic (exact) mass is 670 g/mol. The molecule has 0 fully saturated rings. The maximum absolute atomic E-state index is 13.8. The quantitative estimate of drug-likeness (QED) is 0.156. The van der Waals surface area contributed by atoms with Crippen LogP contribution in [-0.2, 0) is 11.3 Å². The summed E-state index contributed by atoms with van der Waals surface area (Å²) < 4.78 is 26.5. The highest BCUT2D eigenvalue weighted by molar-refractivity contribution is 7.99. The van der Waals surface area contributed by atoms with E-state index in [9.17, 15) is 14.0 Å². The summed E-state index contributed by atoms with van der Waals surface area (Å²) in [5.74, 6) is 1.13. The van der Waals surface area contributed by atoms with Gasteiger partial charge in [-0.3, -0.25) is 14.2 Å². The number of rotatable bonds is 12. The van der Waals surface area contributed by atoms with Gasteiger partial charge in [-0.1, -0.05) is 30.0 Å². The van der Waals surface area contributed by atoms with Crippen molar-refractivity contribution in [1.29, 1.82) is 0 Å². The SMILES string of the molecule is CCOc1ccc(-n2c(CNC(=O)c3cccs3)nnc2SCC(=O)N2N=C(c3ccc(OC)cc3)C[C@@H]2c2ccc(F)cc2)cc1. The lowest BCUT2D eigenvalue weighted by Crippen LogP contribution is -2.28. The van der Waals surface area contributed by atoms with Crippen molar-refractivity contribution in [3.8, 4) is 17.2 Å². The molecular formula is C34H31FN6O4S2. The molecule has 0 saturated heterocycles. The van der Waals surface area contributed by atoms with Gasteiger partial charge in [0, 0.05) is 12.1 Å². The van der Waals surface area contributed by atoms with Crippen molar-refractivity contribution in [2.24, 2.45) is 5.10 Å². The Balaban J connectivity index is 1.25. The largest absolute Gasteiger partial charge is 0.497 e. The van der Waals surface area contributed by atoms with Crippen LogP contribution in [0.25, 0.3) is 5.69 Å². The van der Waals surface area contributed by atoms with Crippen LogP contribution in [-0.4, -0.2) is 56.8 Å². The van der Waals surface area contributed by atoms with Gasteiger partial charge in [0.15, 0.2) is 11.0 Å². The highest BCUT2D eigenvalue weighted by Crippen LogP contribution is 2.34. The van der Waals surface area contributed by atoms with E-state index in [0.717, 1.165) is 22.5 Å². The third-order valence-corrected chi connectivity index (χ3v) is 9.21. The van der Waals surface area contributed by atoms with E-state index in [-0.39, 0.29) is 29.9 Å². The summed E-state index contributed by atoms with van der Waals surface area (Å²) in [6.07, 6.45) is 0.463. The lowest BCUT2D eigenvalue weighted by molar-refractivity contribution is -0.130. The molecule has 0 unspecified atom stereocenters. The molecule has 1 atom stereocenters. The zero-order valence-electron chi connectivity index (χ0n) is 25.6. The zero-order chi connectivity index (χ0) is 32.8. The van der Waals surface area contributed by atoms with Crippen LogP contribution in [0.3, 0.4) is 0 Å². The second-order valence-electron chi connectivity index (χ2n) is 10.4. The second-order valence-corrected chi connectivity index (χ2v) is 12.3. The highest BCUT2D eigenvalue weighted by atomic mass is 32.2. The molecule has 3 heterocycles. The van der Waals surface area contributed by atoms with Crippen LogP contribution in [0, 0.1) is 5.82 Å². The molecule has 1 N–H and O–H groups in total. The standard InChI is InChI=1S/C34H31FN6O4S2/c1-3-45-27-16-12-25(13-17-27)40-31(20-36-33(43)30-5-4-18-46-30)37-38-34(40)47-21-32(42)41-29(23-6-10-24(35)11-7-23)19-28(39-41)22-8-14-26(44-2)15-9-22/h4-18,29H,3,19-21H2,1-2H3,(H,36,43)/t29-/m1/s1. The smallest absolute Gasteiger partial charge is 0.261 e. The number of hydrogen-bond donors (Lipinski definition) is 1. The summed E-state index contributed by atoms with van der Waals surface area (Å²) in [5, 5.41) is 20.2. The van der Waals surface area contributed by atoms with Crippen LogP contribution in [0.5, 0.6) is 11.5 Å². The van der Waals surface area contributed by atoms with Gasteiger partial charge < -0.3 is 14.8 Å². The van der Waals surface area contributed by atoms with Gasteiger partial charge in [-0.15, -0.1) is 21.5 Å². The first-order valence-corrected chi connectivity index (χ1v) is 16.7. The average molecular weight is 671 g/mol. The minimum atomic E-state index is -0.409. The van der Waals surface area contributed by atoms with Crippen LogP contribution in [0.1, 0.15) is 46.0 Å². The van der Waals surface area contributed by atoms with Crippen molar-refractivity contribution < 1.29 is 23.5 Å². The average Bonchev–Trinajstić information content (AvgIpc) is 3.88. The van der Waals surface area contributed by atoms with Crippen LogP contribution >= 0.6 is 23.1 Å². The third-order valence-electron chi connectivity index (χ3n) is 7.43. The van der Waals surface area contributed by atoms with Gasteiger partial charge in [-0.05, 0) is 90.2 Å². The van der Waals surface area contributed by atoms with Gasteiger partial charge in [-0.2, -0.15) is 5.10 Å².